The molecule has 2 heterocycles. The van der Waals surface area contributed by atoms with Crippen molar-refractivity contribution in [2.45, 2.75) is 20.0 Å². The van der Waals surface area contributed by atoms with Crippen LogP contribution in [0.25, 0.3) is 17.1 Å². The molecule has 3 amide bonds. The molecule has 2 aromatic carbocycles. The molecule has 1 fully saturated rings. The van der Waals surface area contributed by atoms with Crippen molar-refractivity contribution in [1.82, 2.24) is 19.4 Å². The summed E-state index contributed by atoms with van der Waals surface area (Å²) in [5, 5.41) is 2.33. The van der Waals surface area contributed by atoms with Gasteiger partial charge in [-0.05, 0) is 42.5 Å². The molecule has 1 N–H and O–H groups in total. The second-order valence-electron chi connectivity index (χ2n) is 7.20. The zero-order chi connectivity index (χ0) is 22.7. The zero-order valence-corrected chi connectivity index (χ0v) is 18.3. The number of thioether (sulfide) groups is 1. The summed E-state index contributed by atoms with van der Waals surface area (Å²) in [4.78, 5) is 51.4. The summed E-state index contributed by atoms with van der Waals surface area (Å²) in [5.41, 5.74) is 2.05. The first-order valence-corrected chi connectivity index (χ1v) is 11.1. The Morgan fingerprint density at radius 3 is 2.31 bits per heavy atom. The first-order chi connectivity index (χ1) is 15.5. The van der Waals surface area contributed by atoms with Crippen LogP contribution in [0.2, 0.25) is 0 Å². The number of carbonyl (C=O) groups excluding carboxylic acids is 3. The van der Waals surface area contributed by atoms with E-state index in [1.54, 1.807) is 16.7 Å². The van der Waals surface area contributed by atoms with E-state index in [0.29, 0.717) is 17.0 Å². The number of imide groups is 1. The van der Waals surface area contributed by atoms with Crippen molar-refractivity contribution in [2.75, 3.05) is 13.1 Å². The molecule has 1 saturated heterocycles. The average Bonchev–Trinajstić information content (AvgIpc) is 3.21. The quantitative estimate of drug-likeness (QED) is 0.559. The van der Waals surface area contributed by atoms with Crippen LogP contribution in [0.1, 0.15) is 12.5 Å². The Labute approximate surface area is 188 Å². The molecule has 4 rings (SSSR count). The number of aromatic nitrogens is 2. The highest BCUT2D eigenvalue weighted by molar-refractivity contribution is 8.18. The zero-order valence-electron chi connectivity index (χ0n) is 17.5. The highest BCUT2D eigenvalue weighted by Crippen LogP contribution is 2.31. The summed E-state index contributed by atoms with van der Waals surface area (Å²) >= 11 is 0.884. The number of nitrogens with zero attached hydrogens (tertiary/aromatic N) is 3. The molecular weight excluding hydrogens is 428 g/mol. The number of imidazole rings is 1. The van der Waals surface area contributed by atoms with Crippen LogP contribution in [0.3, 0.4) is 0 Å². The Hall–Kier alpha value is -3.59. The Morgan fingerprint density at radius 2 is 1.62 bits per heavy atom. The summed E-state index contributed by atoms with van der Waals surface area (Å²) in [6.07, 6.45) is 1.68. The Bertz CT molecular complexity index is 1280. The van der Waals surface area contributed by atoms with Crippen molar-refractivity contribution in [3.05, 3.63) is 75.6 Å². The number of aryl methyl sites for hydroxylation is 1. The van der Waals surface area contributed by atoms with Gasteiger partial charge in [-0.1, -0.05) is 42.5 Å². The minimum absolute atomic E-state index is 0.0636. The molecule has 8 nitrogen and oxygen atoms in total. The number of fused-ring (bicyclic) bond motifs is 1. The minimum Gasteiger partial charge on any atom is -0.353 e. The smallest absolute Gasteiger partial charge is 0.329 e. The minimum atomic E-state index is -0.375. The number of hydrogen-bond acceptors (Lipinski definition) is 5. The lowest BCUT2D eigenvalue weighted by Gasteiger charge is -2.13. The van der Waals surface area contributed by atoms with Gasteiger partial charge in [0.05, 0.1) is 15.9 Å². The molecular formula is C23H22N4O4S. The van der Waals surface area contributed by atoms with Crippen LogP contribution in [0.5, 0.6) is 0 Å². The Kier molecular flexibility index (Phi) is 6.27. The lowest BCUT2D eigenvalue weighted by atomic mass is 10.2. The van der Waals surface area contributed by atoms with Crippen LogP contribution in [0.4, 0.5) is 4.79 Å². The van der Waals surface area contributed by atoms with Gasteiger partial charge in [0.2, 0.25) is 5.91 Å². The summed E-state index contributed by atoms with van der Waals surface area (Å²) in [6.45, 7) is 2.41. The molecule has 1 aliphatic rings. The molecule has 32 heavy (non-hydrogen) atoms. The van der Waals surface area contributed by atoms with Crippen molar-refractivity contribution in [3.63, 3.8) is 0 Å². The summed E-state index contributed by atoms with van der Waals surface area (Å²) < 4.78 is 3.04. The monoisotopic (exact) mass is 450 g/mol. The molecule has 0 radical (unpaired) electrons. The van der Waals surface area contributed by atoms with Crippen LogP contribution < -0.4 is 11.0 Å². The molecule has 1 aliphatic heterocycles. The van der Waals surface area contributed by atoms with Crippen LogP contribution in [-0.4, -0.2) is 44.2 Å². The molecule has 0 bridgehead atoms. The van der Waals surface area contributed by atoms with Crippen LogP contribution in [0, 0.1) is 0 Å². The van der Waals surface area contributed by atoms with Gasteiger partial charge in [0, 0.05) is 19.6 Å². The second kappa shape index (κ2) is 9.27. The van der Waals surface area contributed by atoms with Crippen LogP contribution in [0.15, 0.2) is 64.3 Å². The predicted molar refractivity (Wildman–Crippen MR) is 124 cm³/mol. The molecule has 164 valence electrons. The van der Waals surface area contributed by atoms with E-state index in [4.69, 9.17) is 0 Å². The van der Waals surface area contributed by atoms with Crippen molar-refractivity contribution in [1.29, 1.82) is 0 Å². The first-order valence-electron chi connectivity index (χ1n) is 10.2. The number of para-hydroxylation sites is 2. The SMILES string of the molecule is CCn1c(=O)n(CC(=O)NCCN2C(=O)S/C(=C\c3ccccc3)C2=O)c2ccccc21. The van der Waals surface area contributed by atoms with E-state index in [2.05, 4.69) is 5.32 Å². The molecule has 9 heteroatoms. The van der Waals surface area contributed by atoms with E-state index in [1.165, 1.54) is 4.57 Å². The Morgan fingerprint density at radius 1 is 0.969 bits per heavy atom. The van der Waals surface area contributed by atoms with E-state index in [0.717, 1.165) is 27.7 Å². The van der Waals surface area contributed by atoms with E-state index in [1.807, 2.05) is 55.5 Å². The van der Waals surface area contributed by atoms with Crippen molar-refractivity contribution in [3.8, 4) is 0 Å². The Balaban J connectivity index is 1.38. The standard InChI is InChI=1S/C23H22N4O4S/c1-2-25-17-10-6-7-11-18(17)27(22(25)30)15-20(28)24-12-13-26-21(29)19(32-23(26)31)14-16-8-4-3-5-9-16/h3-11,14H,2,12-13,15H2,1H3,(H,24,28)/b19-14-. The fourth-order valence-electron chi connectivity index (χ4n) is 3.63. The molecule has 0 unspecified atom stereocenters. The molecule has 0 aliphatic carbocycles. The van der Waals surface area contributed by atoms with Crippen LogP contribution >= 0.6 is 11.8 Å². The number of amides is 3. The van der Waals surface area contributed by atoms with Gasteiger partial charge in [-0.3, -0.25) is 28.4 Å². The number of carbonyl (C=O) groups is 3. The maximum atomic E-state index is 12.6. The van der Waals surface area contributed by atoms with Gasteiger partial charge < -0.3 is 5.32 Å². The summed E-state index contributed by atoms with van der Waals surface area (Å²) in [7, 11) is 0. The molecule has 3 aromatic rings. The molecule has 0 spiro atoms. The highest BCUT2D eigenvalue weighted by Gasteiger charge is 2.34. The van der Waals surface area contributed by atoms with E-state index in [9.17, 15) is 19.2 Å². The number of nitrogens with one attached hydrogen (secondary N) is 1. The summed E-state index contributed by atoms with van der Waals surface area (Å²) in [5.74, 6) is -0.738. The van der Waals surface area contributed by atoms with Gasteiger partial charge in [-0.25, -0.2) is 4.79 Å². The molecule has 1 aromatic heterocycles. The highest BCUT2D eigenvalue weighted by atomic mass is 32.2. The van der Waals surface area contributed by atoms with Gasteiger partial charge >= 0.3 is 5.69 Å². The van der Waals surface area contributed by atoms with E-state index >= 15 is 0 Å². The second-order valence-corrected chi connectivity index (χ2v) is 8.19. The van der Waals surface area contributed by atoms with Gasteiger partial charge in [0.25, 0.3) is 11.1 Å². The normalized spacial score (nSPS) is 15.2. The third-order valence-corrected chi connectivity index (χ3v) is 6.08. The lowest BCUT2D eigenvalue weighted by molar-refractivity contribution is -0.124. The van der Waals surface area contributed by atoms with E-state index in [-0.39, 0.29) is 42.4 Å². The molecule has 0 atom stereocenters. The lowest BCUT2D eigenvalue weighted by Crippen LogP contribution is -2.39. The van der Waals surface area contributed by atoms with Crippen LogP contribution in [-0.2, 0) is 22.7 Å². The summed E-state index contributed by atoms with van der Waals surface area (Å²) in [6, 6.07) is 16.6. The maximum Gasteiger partial charge on any atom is 0.329 e. The van der Waals surface area contributed by atoms with Gasteiger partial charge in [0.1, 0.15) is 6.54 Å². The third-order valence-electron chi connectivity index (χ3n) is 5.17. The molecule has 0 saturated carbocycles. The van der Waals surface area contributed by atoms with Gasteiger partial charge in [-0.15, -0.1) is 0 Å². The van der Waals surface area contributed by atoms with Crippen molar-refractivity contribution in [2.24, 2.45) is 0 Å². The fraction of sp³-hybridized carbons (Fsp3) is 0.217. The largest absolute Gasteiger partial charge is 0.353 e. The fourth-order valence-corrected chi connectivity index (χ4v) is 4.50. The third kappa shape index (κ3) is 4.24. The van der Waals surface area contributed by atoms with E-state index < -0.39 is 0 Å². The van der Waals surface area contributed by atoms with Crippen molar-refractivity contribution >= 4 is 45.9 Å². The van der Waals surface area contributed by atoms with Gasteiger partial charge in [-0.2, -0.15) is 0 Å². The maximum absolute atomic E-state index is 12.6. The first kappa shape index (κ1) is 21.6. The number of rotatable bonds is 7. The number of benzene rings is 2. The predicted octanol–water partition coefficient (Wildman–Crippen LogP) is 2.68. The van der Waals surface area contributed by atoms with Gasteiger partial charge in [0.15, 0.2) is 0 Å². The average molecular weight is 451 g/mol. The number of hydrogen-bond donors (Lipinski definition) is 1. The topological polar surface area (TPSA) is 93.4 Å². The van der Waals surface area contributed by atoms with Crippen molar-refractivity contribution < 1.29 is 14.4 Å².